The number of phenolic OH excluding ortho intramolecular Hbond substituents is 1. The van der Waals surface area contributed by atoms with Crippen molar-refractivity contribution in [2.24, 2.45) is 0 Å². The Balaban J connectivity index is 1.60. The number of ketones is 1. The first-order valence-electron chi connectivity index (χ1n) is 12.9. The minimum Gasteiger partial charge on any atom is -0.508 e. The molecule has 0 spiro atoms. The van der Waals surface area contributed by atoms with E-state index in [-0.39, 0.29) is 23.0 Å². The third-order valence-corrected chi connectivity index (χ3v) is 6.87. The summed E-state index contributed by atoms with van der Waals surface area (Å²) in [5.74, 6) is 0.171. The molecule has 1 amide bonds. The largest absolute Gasteiger partial charge is 0.508 e. The van der Waals surface area contributed by atoms with Crippen LogP contribution in [0.3, 0.4) is 0 Å². The van der Waals surface area contributed by atoms with Crippen molar-refractivity contribution in [3.05, 3.63) is 119 Å². The minimum atomic E-state index is -0.925. The van der Waals surface area contributed by atoms with Gasteiger partial charge in [0.2, 0.25) is 0 Å². The summed E-state index contributed by atoms with van der Waals surface area (Å²) >= 11 is 0. The zero-order valence-electron chi connectivity index (χ0n) is 22.4. The SMILES string of the molecule is COc1ccc(/C(O)=C2/C(=O)C(=O)N(c3ccc(Oc4ccccc4)cc3)C2c2ccc(O)cc2)cc1C(C)C. The van der Waals surface area contributed by atoms with Crippen LogP contribution in [0, 0.1) is 0 Å². The number of methoxy groups -OCH3 is 1. The third kappa shape index (κ3) is 5.01. The van der Waals surface area contributed by atoms with E-state index in [1.54, 1.807) is 61.7 Å². The predicted octanol–water partition coefficient (Wildman–Crippen LogP) is 6.94. The summed E-state index contributed by atoms with van der Waals surface area (Å²) in [6.07, 6.45) is 0. The average molecular weight is 536 g/mol. The second-order valence-electron chi connectivity index (χ2n) is 9.78. The Morgan fingerprint density at radius 1 is 0.850 bits per heavy atom. The maximum atomic E-state index is 13.5. The second-order valence-corrected chi connectivity index (χ2v) is 9.78. The number of carbonyl (C=O) groups is 2. The molecule has 4 aromatic carbocycles. The van der Waals surface area contributed by atoms with Gasteiger partial charge in [0.1, 0.15) is 28.8 Å². The monoisotopic (exact) mass is 535 g/mol. The molecule has 1 saturated heterocycles. The number of hydrogen-bond donors (Lipinski definition) is 2. The number of Topliss-reactive ketones (excluding diaryl/α,β-unsaturated/α-hetero) is 1. The molecule has 0 saturated carbocycles. The van der Waals surface area contributed by atoms with Crippen molar-refractivity contribution in [2.45, 2.75) is 25.8 Å². The molecule has 1 heterocycles. The van der Waals surface area contributed by atoms with Gasteiger partial charge in [0, 0.05) is 11.3 Å². The molecule has 1 atom stereocenters. The van der Waals surface area contributed by atoms with Crippen molar-refractivity contribution in [3.63, 3.8) is 0 Å². The Bertz CT molecular complexity index is 1570. The van der Waals surface area contributed by atoms with Crippen LogP contribution >= 0.6 is 0 Å². The van der Waals surface area contributed by atoms with Crippen LogP contribution in [0.4, 0.5) is 5.69 Å². The van der Waals surface area contributed by atoms with Gasteiger partial charge < -0.3 is 19.7 Å². The smallest absolute Gasteiger partial charge is 0.300 e. The maximum Gasteiger partial charge on any atom is 0.300 e. The number of aliphatic hydroxyl groups is 1. The molecule has 0 bridgehead atoms. The lowest BCUT2D eigenvalue weighted by Gasteiger charge is -2.25. The van der Waals surface area contributed by atoms with Gasteiger partial charge in [-0.1, -0.05) is 44.2 Å². The fourth-order valence-corrected chi connectivity index (χ4v) is 4.86. The maximum absolute atomic E-state index is 13.5. The standard InChI is InChI=1S/C33H29NO6/c1-20(2)27-19-22(11-18-28(27)39-3)31(36)29-30(21-9-14-24(35)15-10-21)34(33(38)32(29)37)23-12-16-26(17-13-23)40-25-7-5-4-6-8-25/h4-20,30,35-36H,1-3H3/b31-29-. The molecule has 1 unspecified atom stereocenters. The molecule has 1 aliphatic heterocycles. The summed E-state index contributed by atoms with van der Waals surface area (Å²) in [7, 11) is 1.58. The number of nitrogens with zero attached hydrogens (tertiary/aromatic N) is 1. The fraction of sp³-hybridized carbons (Fsp3) is 0.152. The molecule has 202 valence electrons. The van der Waals surface area contributed by atoms with Crippen molar-refractivity contribution in [1.29, 1.82) is 0 Å². The molecule has 40 heavy (non-hydrogen) atoms. The third-order valence-electron chi connectivity index (χ3n) is 6.87. The number of ether oxygens (including phenoxy) is 2. The van der Waals surface area contributed by atoms with E-state index in [0.29, 0.717) is 34.1 Å². The molecular formula is C33H29NO6. The highest BCUT2D eigenvalue weighted by Crippen LogP contribution is 2.43. The van der Waals surface area contributed by atoms with E-state index in [0.717, 1.165) is 5.56 Å². The summed E-state index contributed by atoms with van der Waals surface area (Å²) < 4.78 is 11.3. The van der Waals surface area contributed by atoms with E-state index in [9.17, 15) is 19.8 Å². The topological polar surface area (TPSA) is 96.3 Å². The Kier molecular flexibility index (Phi) is 7.29. The van der Waals surface area contributed by atoms with Crippen molar-refractivity contribution in [2.75, 3.05) is 12.0 Å². The predicted molar refractivity (Wildman–Crippen MR) is 153 cm³/mol. The summed E-state index contributed by atoms with van der Waals surface area (Å²) in [5, 5.41) is 21.4. The Labute approximate surface area is 232 Å². The van der Waals surface area contributed by atoms with Crippen molar-refractivity contribution < 1.29 is 29.3 Å². The summed E-state index contributed by atoms with van der Waals surface area (Å²) in [6.45, 7) is 4.00. The first-order valence-corrected chi connectivity index (χ1v) is 12.9. The number of aromatic hydroxyl groups is 1. The van der Waals surface area contributed by atoms with Crippen LogP contribution in [0.15, 0.2) is 103 Å². The zero-order valence-corrected chi connectivity index (χ0v) is 22.4. The Morgan fingerprint density at radius 2 is 1.50 bits per heavy atom. The number of anilines is 1. The first-order chi connectivity index (χ1) is 19.3. The molecule has 7 heteroatoms. The fourth-order valence-electron chi connectivity index (χ4n) is 4.86. The van der Waals surface area contributed by atoms with Crippen molar-refractivity contribution >= 4 is 23.1 Å². The van der Waals surface area contributed by atoms with Crippen LogP contribution in [-0.4, -0.2) is 29.0 Å². The van der Waals surface area contributed by atoms with E-state index in [4.69, 9.17) is 9.47 Å². The average Bonchev–Trinajstić information content (AvgIpc) is 3.23. The quantitative estimate of drug-likeness (QED) is 0.151. The van der Waals surface area contributed by atoms with Crippen LogP contribution in [-0.2, 0) is 9.59 Å². The number of para-hydroxylation sites is 1. The molecular weight excluding hydrogens is 506 g/mol. The van der Waals surface area contributed by atoms with Crippen LogP contribution < -0.4 is 14.4 Å². The zero-order chi connectivity index (χ0) is 28.4. The van der Waals surface area contributed by atoms with Gasteiger partial charge in [-0.05, 0) is 83.8 Å². The van der Waals surface area contributed by atoms with Gasteiger partial charge >= 0.3 is 0 Å². The normalized spacial score (nSPS) is 16.4. The molecule has 1 aliphatic rings. The number of rotatable bonds is 7. The Morgan fingerprint density at radius 3 is 2.12 bits per heavy atom. The molecule has 0 aromatic heterocycles. The molecule has 4 aromatic rings. The number of amides is 1. The van der Waals surface area contributed by atoms with Gasteiger partial charge in [0.05, 0.1) is 18.7 Å². The molecule has 0 aliphatic carbocycles. The lowest BCUT2D eigenvalue weighted by Crippen LogP contribution is -2.29. The van der Waals surface area contributed by atoms with Crippen LogP contribution in [0.2, 0.25) is 0 Å². The molecule has 7 nitrogen and oxygen atoms in total. The highest BCUT2D eigenvalue weighted by atomic mass is 16.5. The molecule has 0 radical (unpaired) electrons. The number of aliphatic hydroxyl groups excluding tert-OH is 1. The highest BCUT2D eigenvalue weighted by Gasteiger charge is 2.47. The van der Waals surface area contributed by atoms with E-state index in [1.807, 2.05) is 44.2 Å². The van der Waals surface area contributed by atoms with E-state index < -0.39 is 17.7 Å². The molecule has 2 N–H and O–H groups in total. The van der Waals surface area contributed by atoms with Gasteiger partial charge in [-0.2, -0.15) is 0 Å². The number of phenols is 1. The number of carbonyl (C=O) groups excluding carboxylic acids is 2. The molecule has 1 fully saturated rings. The Hall–Kier alpha value is -5.04. The summed E-state index contributed by atoms with van der Waals surface area (Å²) in [5.41, 5.74) is 2.23. The lowest BCUT2D eigenvalue weighted by molar-refractivity contribution is -0.132. The van der Waals surface area contributed by atoms with Gasteiger partial charge in [0.15, 0.2) is 0 Å². The van der Waals surface area contributed by atoms with Crippen molar-refractivity contribution in [1.82, 2.24) is 0 Å². The summed E-state index contributed by atoms with van der Waals surface area (Å²) in [6, 6.07) is 26.6. The van der Waals surface area contributed by atoms with E-state index in [1.165, 1.54) is 17.0 Å². The minimum absolute atomic E-state index is 0.0415. The second kappa shape index (κ2) is 11.0. The van der Waals surface area contributed by atoms with Crippen molar-refractivity contribution in [3.8, 4) is 23.0 Å². The number of hydrogen-bond acceptors (Lipinski definition) is 6. The first kappa shape index (κ1) is 26.6. The van der Waals surface area contributed by atoms with E-state index in [2.05, 4.69) is 0 Å². The highest BCUT2D eigenvalue weighted by molar-refractivity contribution is 6.51. The summed E-state index contributed by atoms with van der Waals surface area (Å²) in [4.78, 5) is 28.3. The number of benzene rings is 4. The lowest BCUT2D eigenvalue weighted by atomic mass is 9.93. The van der Waals surface area contributed by atoms with Gasteiger partial charge in [-0.25, -0.2) is 0 Å². The van der Waals surface area contributed by atoms with Crippen LogP contribution in [0.25, 0.3) is 5.76 Å². The van der Waals surface area contributed by atoms with Crippen LogP contribution in [0.5, 0.6) is 23.0 Å². The van der Waals surface area contributed by atoms with Gasteiger partial charge in [0.25, 0.3) is 11.7 Å². The molecule has 5 rings (SSSR count). The van der Waals surface area contributed by atoms with Crippen LogP contribution in [0.1, 0.15) is 42.5 Å². The van der Waals surface area contributed by atoms with Gasteiger partial charge in [-0.3, -0.25) is 14.5 Å². The van der Waals surface area contributed by atoms with E-state index >= 15 is 0 Å². The van der Waals surface area contributed by atoms with Gasteiger partial charge in [-0.15, -0.1) is 0 Å².